The fourth-order valence-corrected chi connectivity index (χ4v) is 1.31. The number of nitrogens with zero attached hydrogens (tertiary/aromatic N) is 3. The lowest BCUT2D eigenvalue weighted by Crippen LogP contribution is -2.20. The van der Waals surface area contributed by atoms with Crippen molar-refractivity contribution in [3.05, 3.63) is 11.9 Å². The van der Waals surface area contributed by atoms with Crippen molar-refractivity contribution in [2.45, 2.75) is 38.5 Å². The van der Waals surface area contributed by atoms with Crippen LogP contribution in [0.2, 0.25) is 0 Å². The Morgan fingerprint density at radius 2 is 2.33 bits per heavy atom. The Hall–Kier alpha value is -0.980. The Morgan fingerprint density at radius 3 is 2.93 bits per heavy atom. The molecule has 0 bridgehead atoms. The van der Waals surface area contributed by atoms with E-state index in [0.29, 0.717) is 0 Å². The average molecular weight is 214 g/mol. The summed E-state index contributed by atoms with van der Waals surface area (Å²) >= 11 is 0. The lowest BCUT2D eigenvalue weighted by atomic mass is 10.1. The van der Waals surface area contributed by atoms with E-state index >= 15 is 0 Å². The van der Waals surface area contributed by atoms with Gasteiger partial charge in [-0.05, 0) is 6.42 Å². The van der Waals surface area contributed by atoms with E-state index in [1.165, 1.54) is 4.68 Å². The molecule has 15 heavy (non-hydrogen) atoms. The summed E-state index contributed by atoms with van der Waals surface area (Å²) < 4.78 is 1.49. The van der Waals surface area contributed by atoms with E-state index in [2.05, 4.69) is 17.2 Å². The molecule has 0 aliphatic heterocycles. The Labute approximate surface area is 88.7 Å². The van der Waals surface area contributed by atoms with Gasteiger partial charge >= 0.3 is 0 Å². The van der Waals surface area contributed by atoms with E-state index in [-0.39, 0.29) is 19.2 Å². The minimum atomic E-state index is -0.804. The van der Waals surface area contributed by atoms with E-state index in [1.807, 2.05) is 0 Å². The molecule has 0 radical (unpaired) electrons. The molecule has 6 heteroatoms. The molecule has 0 spiro atoms. The number of aliphatic hydroxyl groups excluding tert-OH is 2. The van der Waals surface area contributed by atoms with Crippen LogP contribution in [0.25, 0.3) is 0 Å². The summed E-state index contributed by atoms with van der Waals surface area (Å²) in [5.74, 6) is 0. The lowest BCUT2D eigenvalue weighted by molar-refractivity contribution is 0.0778. The molecule has 0 aromatic carbocycles. The van der Waals surface area contributed by atoms with Crippen LogP contribution in [0.1, 0.15) is 31.5 Å². The molecular formula is C9H18N4O2. The minimum Gasteiger partial charge on any atom is -0.394 e. The number of hydrogen-bond acceptors (Lipinski definition) is 5. The van der Waals surface area contributed by atoms with Crippen molar-refractivity contribution in [1.29, 1.82) is 0 Å². The van der Waals surface area contributed by atoms with E-state index in [9.17, 15) is 5.11 Å². The van der Waals surface area contributed by atoms with Crippen LogP contribution in [0, 0.1) is 0 Å². The van der Waals surface area contributed by atoms with Gasteiger partial charge in [0.2, 0.25) is 0 Å². The quantitative estimate of drug-likeness (QED) is 0.589. The second-order valence-electron chi connectivity index (χ2n) is 3.60. The van der Waals surface area contributed by atoms with Crippen LogP contribution in [0.15, 0.2) is 6.20 Å². The number of rotatable bonds is 6. The maximum Gasteiger partial charge on any atom is 0.0994 e. The summed E-state index contributed by atoms with van der Waals surface area (Å²) in [5.41, 5.74) is 6.58. The molecule has 1 aromatic rings. The Balaban J connectivity index is 2.55. The fourth-order valence-electron chi connectivity index (χ4n) is 1.31. The van der Waals surface area contributed by atoms with Crippen LogP contribution in [-0.2, 0) is 6.54 Å². The smallest absolute Gasteiger partial charge is 0.0994 e. The standard InChI is InChI=1S/C9H18N4O2/c1-2-3-8(10)9-5-13(12-11-9)4-7(15)6-14/h5,7-8,14-15H,2-4,6,10H2,1H3. The van der Waals surface area contributed by atoms with E-state index in [1.54, 1.807) is 6.20 Å². The predicted octanol–water partition coefficient (Wildman–Crippen LogP) is -0.569. The Kier molecular flexibility index (Phi) is 4.67. The summed E-state index contributed by atoms with van der Waals surface area (Å²) in [5, 5.41) is 25.6. The molecule has 4 N–H and O–H groups in total. The van der Waals surface area contributed by atoms with Gasteiger partial charge in [-0.25, -0.2) is 4.68 Å². The second kappa shape index (κ2) is 5.79. The van der Waals surface area contributed by atoms with Crippen molar-refractivity contribution in [2.75, 3.05) is 6.61 Å². The molecule has 86 valence electrons. The summed E-state index contributed by atoms with van der Waals surface area (Å²) in [6, 6.07) is -0.102. The molecule has 1 rings (SSSR count). The van der Waals surface area contributed by atoms with Gasteiger partial charge in [0.1, 0.15) is 0 Å². The molecule has 0 fully saturated rings. The minimum absolute atomic E-state index is 0.102. The number of hydrogen-bond donors (Lipinski definition) is 3. The second-order valence-corrected chi connectivity index (χ2v) is 3.60. The van der Waals surface area contributed by atoms with Gasteiger partial charge in [0.15, 0.2) is 0 Å². The summed E-state index contributed by atoms with van der Waals surface area (Å²) in [6.07, 6.45) is 2.76. The van der Waals surface area contributed by atoms with Crippen molar-refractivity contribution in [3.8, 4) is 0 Å². The highest BCUT2D eigenvalue weighted by atomic mass is 16.3. The van der Waals surface area contributed by atoms with E-state index in [0.717, 1.165) is 18.5 Å². The predicted molar refractivity (Wildman–Crippen MR) is 55.0 cm³/mol. The van der Waals surface area contributed by atoms with Gasteiger partial charge in [-0.15, -0.1) is 5.10 Å². The molecule has 2 unspecified atom stereocenters. The molecule has 6 nitrogen and oxygen atoms in total. The van der Waals surface area contributed by atoms with Crippen molar-refractivity contribution >= 4 is 0 Å². The largest absolute Gasteiger partial charge is 0.394 e. The van der Waals surface area contributed by atoms with Gasteiger partial charge in [-0.3, -0.25) is 0 Å². The number of aliphatic hydroxyl groups is 2. The summed E-state index contributed by atoms with van der Waals surface area (Å²) in [6.45, 7) is 2.01. The molecule has 0 amide bonds. The topological polar surface area (TPSA) is 97.2 Å². The molecular weight excluding hydrogens is 196 g/mol. The van der Waals surface area contributed by atoms with Crippen LogP contribution in [0.4, 0.5) is 0 Å². The fraction of sp³-hybridized carbons (Fsp3) is 0.778. The van der Waals surface area contributed by atoms with Gasteiger partial charge < -0.3 is 15.9 Å². The normalized spacial score (nSPS) is 15.2. The summed E-state index contributed by atoms with van der Waals surface area (Å²) in [7, 11) is 0. The maximum atomic E-state index is 9.19. The number of aromatic nitrogens is 3. The third-order valence-electron chi connectivity index (χ3n) is 2.14. The molecule has 2 atom stereocenters. The van der Waals surface area contributed by atoms with Crippen LogP contribution in [-0.4, -0.2) is 37.9 Å². The first kappa shape index (κ1) is 12.1. The highest BCUT2D eigenvalue weighted by Crippen LogP contribution is 2.11. The van der Waals surface area contributed by atoms with E-state index < -0.39 is 6.10 Å². The third kappa shape index (κ3) is 3.58. The molecule has 0 saturated heterocycles. The van der Waals surface area contributed by atoms with Gasteiger partial charge in [0, 0.05) is 0 Å². The number of nitrogens with two attached hydrogens (primary N) is 1. The summed E-state index contributed by atoms with van der Waals surface area (Å²) in [4.78, 5) is 0. The monoisotopic (exact) mass is 214 g/mol. The Bertz CT molecular complexity index is 289. The first-order chi connectivity index (χ1) is 7.17. The SMILES string of the molecule is CCCC(N)c1cn(CC(O)CO)nn1. The van der Waals surface area contributed by atoms with Gasteiger partial charge in [0.05, 0.1) is 37.2 Å². The van der Waals surface area contributed by atoms with E-state index in [4.69, 9.17) is 10.8 Å². The van der Waals surface area contributed by atoms with Crippen molar-refractivity contribution in [2.24, 2.45) is 5.73 Å². The van der Waals surface area contributed by atoms with Crippen LogP contribution in [0.5, 0.6) is 0 Å². The molecule has 0 aliphatic rings. The van der Waals surface area contributed by atoms with Gasteiger partial charge in [-0.2, -0.15) is 0 Å². The van der Waals surface area contributed by atoms with Crippen LogP contribution >= 0.6 is 0 Å². The highest BCUT2D eigenvalue weighted by molar-refractivity contribution is 4.99. The van der Waals surface area contributed by atoms with Gasteiger partial charge in [-0.1, -0.05) is 18.6 Å². The molecule has 1 aromatic heterocycles. The average Bonchev–Trinajstić information content (AvgIpc) is 2.66. The van der Waals surface area contributed by atoms with Crippen LogP contribution < -0.4 is 5.73 Å². The van der Waals surface area contributed by atoms with Crippen LogP contribution in [0.3, 0.4) is 0 Å². The zero-order chi connectivity index (χ0) is 11.3. The zero-order valence-electron chi connectivity index (χ0n) is 8.87. The van der Waals surface area contributed by atoms with Crippen molar-refractivity contribution in [3.63, 3.8) is 0 Å². The van der Waals surface area contributed by atoms with Crippen molar-refractivity contribution in [1.82, 2.24) is 15.0 Å². The first-order valence-electron chi connectivity index (χ1n) is 5.11. The van der Waals surface area contributed by atoms with Crippen molar-refractivity contribution < 1.29 is 10.2 Å². The Morgan fingerprint density at radius 1 is 1.60 bits per heavy atom. The molecule has 0 saturated carbocycles. The zero-order valence-corrected chi connectivity index (χ0v) is 8.87. The maximum absolute atomic E-state index is 9.19. The third-order valence-corrected chi connectivity index (χ3v) is 2.14. The molecule has 0 aliphatic carbocycles. The highest BCUT2D eigenvalue weighted by Gasteiger charge is 2.11. The lowest BCUT2D eigenvalue weighted by Gasteiger charge is -2.06. The molecule has 1 heterocycles. The first-order valence-corrected chi connectivity index (χ1v) is 5.11. The van der Waals surface area contributed by atoms with Gasteiger partial charge in [0.25, 0.3) is 0 Å².